The summed E-state index contributed by atoms with van der Waals surface area (Å²) >= 11 is 0. The summed E-state index contributed by atoms with van der Waals surface area (Å²) in [6.07, 6.45) is 1.64. The topological polar surface area (TPSA) is 82.8 Å². The van der Waals surface area contributed by atoms with Crippen molar-refractivity contribution in [2.45, 2.75) is 33.2 Å². The Morgan fingerprint density at radius 3 is 2.64 bits per heavy atom. The lowest BCUT2D eigenvalue weighted by Crippen LogP contribution is -2.38. The zero-order chi connectivity index (χ0) is 19.6. The fourth-order valence-corrected chi connectivity index (χ4v) is 2.54. The van der Waals surface area contributed by atoms with Crippen LogP contribution >= 0.6 is 24.0 Å². The highest BCUT2D eigenvalue weighted by Gasteiger charge is 2.08. The maximum Gasteiger partial charge on any atom is 0.253 e. The number of aliphatic imine (C=N–C) groups is 1. The van der Waals surface area contributed by atoms with Gasteiger partial charge >= 0.3 is 0 Å². The van der Waals surface area contributed by atoms with Crippen molar-refractivity contribution < 1.29 is 9.32 Å². The van der Waals surface area contributed by atoms with Crippen LogP contribution in [0.25, 0.3) is 0 Å². The summed E-state index contributed by atoms with van der Waals surface area (Å²) in [6, 6.07) is 9.65. The van der Waals surface area contributed by atoms with Crippen molar-refractivity contribution in [1.82, 2.24) is 20.7 Å². The first-order chi connectivity index (χ1) is 13.0. The quantitative estimate of drug-likeness (QED) is 0.332. The van der Waals surface area contributed by atoms with Gasteiger partial charge in [0.15, 0.2) is 11.7 Å². The Morgan fingerprint density at radius 2 is 2.00 bits per heavy atom. The van der Waals surface area contributed by atoms with Crippen LogP contribution in [0.2, 0.25) is 0 Å². The predicted octanol–water partition coefficient (Wildman–Crippen LogP) is 2.85. The highest BCUT2D eigenvalue weighted by Crippen LogP contribution is 2.08. The minimum Gasteiger partial charge on any atom is -0.359 e. The van der Waals surface area contributed by atoms with E-state index in [0.29, 0.717) is 18.7 Å². The Morgan fingerprint density at radius 1 is 1.21 bits per heavy atom. The van der Waals surface area contributed by atoms with Crippen LogP contribution in [-0.2, 0) is 19.4 Å². The van der Waals surface area contributed by atoms with E-state index < -0.39 is 0 Å². The van der Waals surface area contributed by atoms with Crippen molar-refractivity contribution in [2.24, 2.45) is 4.99 Å². The molecule has 7 nitrogen and oxygen atoms in total. The van der Waals surface area contributed by atoms with Crippen LogP contribution in [0.15, 0.2) is 39.8 Å². The van der Waals surface area contributed by atoms with Crippen molar-refractivity contribution >= 4 is 35.8 Å². The molecular formula is C20H30IN5O2. The van der Waals surface area contributed by atoms with Crippen molar-refractivity contribution in [3.8, 4) is 0 Å². The van der Waals surface area contributed by atoms with Crippen molar-refractivity contribution in [3.05, 3.63) is 52.9 Å². The molecule has 0 spiro atoms. The first-order valence-corrected chi connectivity index (χ1v) is 9.30. The molecule has 28 heavy (non-hydrogen) atoms. The van der Waals surface area contributed by atoms with Crippen molar-refractivity contribution in [1.29, 1.82) is 0 Å². The number of halogens is 1. The van der Waals surface area contributed by atoms with Gasteiger partial charge in [0.2, 0.25) is 0 Å². The van der Waals surface area contributed by atoms with Gasteiger partial charge in [-0.3, -0.25) is 4.79 Å². The maximum absolute atomic E-state index is 12.1. The third-order valence-electron chi connectivity index (χ3n) is 3.99. The standard InChI is InChI=1S/C20H29N5O2.HI/c1-5-17-13-18(27-24-17)14-23-20(21-6-2)22-11-10-15-8-7-9-16(12-15)19(26)25(3)4;/h7-9,12-13H,5-6,10-11,14H2,1-4H3,(H2,21,22,23);1H. The number of amides is 1. The van der Waals surface area contributed by atoms with Gasteiger partial charge in [0.05, 0.1) is 5.69 Å². The van der Waals surface area contributed by atoms with Crippen LogP contribution in [0.4, 0.5) is 0 Å². The lowest BCUT2D eigenvalue weighted by atomic mass is 10.1. The molecule has 0 saturated carbocycles. The number of aromatic nitrogens is 1. The summed E-state index contributed by atoms with van der Waals surface area (Å²) in [5, 5.41) is 10.5. The van der Waals surface area contributed by atoms with Gasteiger partial charge < -0.3 is 20.1 Å². The van der Waals surface area contributed by atoms with E-state index in [1.165, 1.54) is 0 Å². The molecular weight excluding hydrogens is 469 g/mol. The van der Waals surface area contributed by atoms with E-state index in [9.17, 15) is 4.79 Å². The maximum atomic E-state index is 12.1. The second-order valence-corrected chi connectivity index (χ2v) is 6.41. The first kappa shape index (κ1) is 23.9. The van der Waals surface area contributed by atoms with Crippen LogP contribution in [0.1, 0.15) is 41.2 Å². The fourth-order valence-electron chi connectivity index (χ4n) is 2.54. The van der Waals surface area contributed by atoms with Gasteiger partial charge in [-0.15, -0.1) is 24.0 Å². The average molecular weight is 499 g/mol. The van der Waals surface area contributed by atoms with Crippen LogP contribution in [-0.4, -0.2) is 49.1 Å². The number of aryl methyl sites for hydroxylation is 1. The highest BCUT2D eigenvalue weighted by molar-refractivity contribution is 14.0. The second kappa shape index (κ2) is 12.4. The summed E-state index contributed by atoms with van der Waals surface area (Å²) < 4.78 is 5.26. The molecule has 1 heterocycles. The largest absolute Gasteiger partial charge is 0.359 e. The molecule has 0 fully saturated rings. The Bertz CT molecular complexity index is 773. The number of hydrogen-bond acceptors (Lipinski definition) is 4. The lowest BCUT2D eigenvalue weighted by molar-refractivity contribution is 0.0827. The van der Waals surface area contributed by atoms with Crippen molar-refractivity contribution in [3.63, 3.8) is 0 Å². The number of carbonyl (C=O) groups excluding carboxylic acids is 1. The molecule has 154 valence electrons. The minimum atomic E-state index is 0. The summed E-state index contributed by atoms with van der Waals surface area (Å²) in [4.78, 5) is 18.2. The zero-order valence-corrected chi connectivity index (χ0v) is 19.3. The molecule has 8 heteroatoms. The molecule has 0 aliphatic rings. The third-order valence-corrected chi connectivity index (χ3v) is 3.99. The van der Waals surface area contributed by atoms with Gasteiger partial charge in [0, 0.05) is 38.8 Å². The fraction of sp³-hybridized carbons (Fsp3) is 0.450. The molecule has 0 aliphatic carbocycles. The van der Waals surface area contributed by atoms with Crippen LogP contribution in [0.5, 0.6) is 0 Å². The van der Waals surface area contributed by atoms with Gasteiger partial charge in [-0.1, -0.05) is 24.2 Å². The van der Waals surface area contributed by atoms with E-state index in [-0.39, 0.29) is 29.9 Å². The average Bonchev–Trinajstić information content (AvgIpc) is 3.13. The number of benzene rings is 1. The van der Waals surface area contributed by atoms with Gasteiger partial charge in [0.1, 0.15) is 6.54 Å². The first-order valence-electron chi connectivity index (χ1n) is 9.30. The number of nitrogens with zero attached hydrogens (tertiary/aromatic N) is 3. The van der Waals surface area contributed by atoms with E-state index in [1.807, 2.05) is 44.2 Å². The molecule has 1 amide bonds. The van der Waals surface area contributed by atoms with E-state index >= 15 is 0 Å². The molecule has 0 radical (unpaired) electrons. The minimum absolute atomic E-state index is 0. The normalized spacial score (nSPS) is 10.9. The third kappa shape index (κ3) is 7.49. The van der Waals surface area contributed by atoms with E-state index in [2.05, 4.69) is 20.8 Å². The predicted molar refractivity (Wildman–Crippen MR) is 122 cm³/mol. The number of guanidine groups is 1. The summed E-state index contributed by atoms with van der Waals surface area (Å²) in [5.74, 6) is 1.49. The van der Waals surface area contributed by atoms with Gasteiger partial charge in [-0.05, 0) is 37.5 Å². The molecule has 0 saturated heterocycles. The summed E-state index contributed by atoms with van der Waals surface area (Å²) in [6.45, 7) is 5.99. The Labute approximate surface area is 184 Å². The van der Waals surface area contributed by atoms with Gasteiger partial charge in [-0.2, -0.15) is 0 Å². The SMILES string of the molecule is CCNC(=NCc1cc(CC)no1)NCCc1cccc(C(=O)N(C)C)c1.I. The van der Waals surface area contributed by atoms with E-state index in [1.54, 1.807) is 19.0 Å². The van der Waals surface area contributed by atoms with Crippen LogP contribution in [0, 0.1) is 0 Å². The zero-order valence-electron chi connectivity index (χ0n) is 17.0. The van der Waals surface area contributed by atoms with Crippen LogP contribution in [0.3, 0.4) is 0 Å². The summed E-state index contributed by atoms with van der Waals surface area (Å²) in [7, 11) is 3.52. The molecule has 1 aromatic heterocycles. The molecule has 0 atom stereocenters. The molecule has 0 unspecified atom stereocenters. The number of carbonyl (C=O) groups is 1. The Balaban J connectivity index is 0.00000392. The van der Waals surface area contributed by atoms with E-state index in [0.717, 1.165) is 42.4 Å². The molecule has 0 bridgehead atoms. The van der Waals surface area contributed by atoms with Gasteiger partial charge in [-0.25, -0.2) is 4.99 Å². The number of rotatable bonds is 8. The number of nitrogens with one attached hydrogen (secondary N) is 2. The Hall–Kier alpha value is -2.10. The van der Waals surface area contributed by atoms with Crippen LogP contribution < -0.4 is 10.6 Å². The lowest BCUT2D eigenvalue weighted by Gasteiger charge is -2.13. The highest BCUT2D eigenvalue weighted by atomic mass is 127. The smallest absolute Gasteiger partial charge is 0.253 e. The summed E-state index contributed by atoms with van der Waals surface area (Å²) in [5.41, 5.74) is 2.74. The molecule has 2 N–H and O–H groups in total. The molecule has 2 aromatic rings. The Kier molecular flexibility index (Phi) is 10.6. The molecule has 2 rings (SSSR count). The number of hydrogen-bond donors (Lipinski definition) is 2. The molecule has 0 aliphatic heterocycles. The molecule has 1 aromatic carbocycles. The van der Waals surface area contributed by atoms with E-state index in [4.69, 9.17) is 4.52 Å². The van der Waals surface area contributed by atoms with Crippen molar-refractivity contribution in [2.75, 3.05) is 27.2 Å². The van der Waals surface area contributed by atoms with Gasteiger partial charge in [0.25, 0.3) is 5.91 Å². The second-order valence-electron chi connectivity index (χ2n) is 6.41. The monoisotopic (exact) mass is 499 g/mol.